The summed E-state index contributed by atoms with van der Waals surface area (Å²) in [6.45, 7) is 3.87. The number of rotatable bonds is 8. The van der Waals surface area contributed by atoms with Gasteiger partial charge in [0.25, 0.3) is 0 Å². The first-order valence-corrected chi connectivity index (χ1v) is 7.45. The maximum absolute atomic E-state index is 11.6. The predicted octanol–water partition coefficient (Wildman–Crippen LogP) is 3.09. The predicted molar refractivity (Wildman–Crippen MR) is 60.9 cm³/mol. The SMILES string of the molecule is CCCCCCCCOP1(=O)NCCO1. The molecule has 0 aromatic heterocycles. The summed E-state index contributed by atoms with van der Waals surface area (Å²) in [7, 11) is -2.88. The van der Waals surface area contributed by atoms with Gasteiger partial charge >= 0.3 is 7.75 Å². The van der Waals surface area contributed by atoms with Crippen LogP contribution in [0.2, 0.25) is 0 Å². The molecule has 1 saturated heterocycles. The van der Waals surface area contributed by atoms with E-state index in [4.69, 9.17) is 9.05 Å². The summed E-state index contributed by atoms with van der Waals surface area (Å²) >= 11 is 0. The molecular formula is C10H22NO3P. The molecule has 1 fully saturated rings. The molecule has 4 nitrogen and oxygen atoms in total. The molecule has 0 bridgehead atoms. The van der Waals surface area contributed by atoms with Crippen molar-refractivity contribution in [1.82, 2.24) is 5.09 Å². The van der Waals surface area contributed by atoms with Gasteiger partial charge in [-0.1, -0.05) is 39.0 Å². The van der Waals surface area contributed by atoms with Crippen LogP contribution in [0.3, 0.4) is 0 Å². The van der Waals surface area contributed by atoms with E-state index in [1.54, 1.807) is 0 Å². The molecule has 0 spiro atoms. The molecule has 0 aromatic rings. The van der Waals surface area contributed by atoms with Crippen LogP contribution in [-0.4, -0.2) is 19.8 Å². The van der Waals surface area contributed by atoms with E-state index in [1.807, 2.05) is 0 Å². The van der Waals surface area contributed by atoms with Crippen molar-refractivity contribution in [3.8, 4) is 0 Å². The van der Waals surface area contributed by atoms with Gasteiger partial charge in [0, 0.05) is 6.54 Å². The molecule has 1 rings (SSSR count). The zero-order valence-electron chi connectivity index (χ0n) is 9.54. The standard InChI is InChI=1S/C10H22NO3P/c1-2-3-4-5-6-7-9-13-15(12)11-8-10-14-15/h2-10H2,1H3,(H,11,12). The smallest absolute Gasteiger partial charge is 0.297 e. The molecule has 0 radical (unpaired) electrons. The van der Waals surface area contributed by atoms with Crippen molar-refractivity contribution >= 4 is 7.75 Å². The summed E-state index contributed by atoms with van der Waals surface area (Å²) in [6.07, 6.45) is 7.24. The van der Waals surface area contributed by atoms with Gasteiger partial charge in [0.15, 0.2) is 0 Å². The molecule has 15 heavy (non-hydrogen) atoms. The Morgan fingerprint density at radius 1 is 1.27 bits per heavy atom. The normalized spacial score (nSPS) is 25.9. The summed E-state index contributed by atoms with van der Waals surface area (Å²) in [5, 5.41) is 2.76. The number of nitrogens with one attached hydrogen (secondary N) is 1. The largest absolute Gasteiger partial charge is 0.405 e. The van der Waals surface area contributed by atoms with Crippen molar-refractivity contribution in [3.05, 3.63) is 0 Å². The Balaban J connectivity index is 1.90. The second-order valence-electron chi connectivity index (χ2n) is 3.84. The lowest BCUT2D eigenvalue weighted by molar-refractivity contribution is 0.224. The fourth-order valence-electron chi connectivity index (χ4n) is 1.54. The summed E-state index contributed by atoms with van der Waals surface area (Å²) < 4.78 is 21.8. The van der Waals surface area contributed by atoms with Crippen LogP contribution in [0.5, 0.6) is 0 Å². The third-order valence-corrected chi connectivity index (χ3v) is 4.08. The maximum Gasteiger partial charge on any atom is 0.405 e. The third kappa shape index (κ3) is 5.67. The van der Waals surface area contributed by atoms with Crippen molar-refractivity contribution in [2.24, 2.45) is 0 Å². The first-order chi connectivity index (χ1) is 7.27. The summed E-state index contributed by atoms with van der Waals surface area (Å²) in [4.78, 5) is 0. The van der Waals surface area contributed by atoms with E-state index in [1.165, 1.54) is 25.7 Å². The second kappa shape index (κ2) is 7.39. The second-order valence-corrected chi connectivity index (χ2v) is 5.67. The van der Waals surface area contributed by atoms with Gasteiger partial charge in [0.1, 0.15) is 0 Å². The monoisotopic (exact) mass is 235 g/mol. The molecule has 1 aliphatic heterocycles. The Kier molecular flexibility index (Phi) is 6.50. The topological polar surface area (TPSA) is 47.6 Å². The Labute approximate surface area is 92.3 Å². The zero-order chi connectivity index (χ0) is 11.0. The van der Waals surface area contributed by atoms with E-state index in [0.717, 1.165) is 12.8 Å². The first kappa shape index (κ1) is 13.2. The quantitative estimate of drug-likeness (QED) is 0.518. The van der Waals surface area contributed by atoms with Gasteiger partial charge in [-0.2, -0.15) is 0 Å². The Bertz CT molecular complexity index is 201. The molecule has 1 atom stereocenters. The molecular weight excluding hydrogens is 213 g/mol. The highest BCUT2D eigenvalue weighted by atomic mass is 31.2. The summed E-state index contributed by atoms with van der Waals surface area (Å²) in [5.74, 6) is 0. The van der Waals surface area contributed by atoms with Crippen molar-refractivity contribution in [3.63, 3.8) is 0 Å². The fourth-order valence-corrected chi connectivity index (χ4v) is 2.87. The molecule has 1 aliphatic rings. The maximum atomic E-state index is 11.6. The lowest BCUT2D eigenvalue weighted by Crippen LogP contribution is -2.06. The first-order valence-electron chi connectivity index (χ1n) is 5.91. The van der Waals surface area contributed by atoms with Gasteiger partial charge in [0.2, 0.25) is 0 Å². The highest BCUT2D eigenvalue weighted by molar-refractivity contribution is 7.51. The Hall–Kier alpha value is 0.110. The van der Waals surface area contributed by atoms with Gasteiger partial charge in [-0.05, 0) is 6.42 Å². The van der Waals surface area contributed by atoms with Gasteiger partial charge in [-0.25, -0.2) is 9.65 Å². The molecule has 90 valence electrons. The van der Waals surface area contributed by atoms with Crippen LogP contribution in [0.1, 0.15) is 45.4 Å². The lowest BCUT2D eigenvalue weighted by atomic mass is 10.1. The van der Waals surface area contributed by atoms with Crippen LogP contribution in [0.15, 0.2) is 0 Å². The van der Waals surface area contributed by atoms with E-state index in [-0.39, 0.29) is 0 Å². The molecule has 0 aromatic carbocycles. The molecule has 0 saturated carbocycles. The van der Waals surface area contributed by atoms with Crippen LogP contribution in [0.25, 0.3) is 0 Å². The molecule has 1 heterocycles. The average molecular weight is 235 g/mol. The molecule has 0 amide bonds. The van der Waals surface area contributed by atoms with Gasteiger partial charge in [0.05, 0.1) is 13.2 Å². The zero-order valence-corrected chi connectivity index (χ0v) is 10.4. The van der Waals surface area contributed by atoms with Crippen molar-refractivity contribution in [2.75, 3.05) is 19.8 Å². The number of hydrogen-bond donors (Lipinski definition) is 1. The highest BCUT2D eigenvalue weighted by Crippen LogP contribution is 2.46. The lowest BCUT2D eigenvalue weighted by Gasteiger charge is -2.10. The minimum absolute atomic E-state index is 0.494. The van der Waals surface area contributed by atoms with Gasteiger partial charge < -0.3 is 0 Å². The fraction of sp³-hybridized carbons (Fsp3) is 1.00. The summed E-state index contributed by atoms with van der Waals surface area (Å²) in [5.41, 5.74) is 0. The van der Waals surface area contributed by atoms with Crippen molar-refractivity contribution in [2.45, 2.75) is 45.4 Å². The van der Waals surface area contributed by atoms with Crippen molar-refractivity contribution < 1.29 is 13.6 Å². The summed E-state index contributed by atoms with van der Waals surface area (Å²) in [6, 6.07) is 0. The molecule has 5 heteroatoms. The Morgan fingerprint density at radius 2 is 2.00 bits per heavy atom. The average Bonchev–Trinajstić information content (AvgIpc) is 2.64. The Morgan fingerprint density at radius 3 is 2.67 bits per heavy atom. The van der Waals surface area contributed by atoms with E-state index in [0.29, 0.717) is 19.8 Å². The van der Waals surface area contributed by atoms with E-state index in [9.17, 15) is 4.57 Å². The number of hydrogen-bond acceptors (Lipinski definition) is 3. The van der Waals surface area contributed by atoms with E-state index < -0.39 is 7.75 Å². The van der Waals surface area contributed by atoms with Crippen LogP contribution in [0, 0.1) is 0 Å². The van der Waals surface area contributed by atoms with E-state index in [2.05, 4.69) is 12.0 Å². The minimum Gasteiger partial charge on any atom is -0.297 e. The van der Waals surface area contributed by atoms with Crippen LogP contribution in [-0.2, 0) is 13.6 Å². The molecule has 0 aliphatic carbocycles. The van der Waals surface area contributed by atoms with E-state index >= 15 is 0 Å². The molecule has 1 unspecified atom stereocenters. The van der Waals surface area contributed by atoms with Crippen LogP contribution in [0.4, 0.5) is 0 Å². The minimum atomic E-state index is -2.88. The van der Waals surface area contributed by atoms with Gasteiger partial charge in [-0.15, -0.1) is 0 Å². The van der Waals surface area contributed by atoms with Crippen molar-refractivity contribution in [1.29, 1.82) is 0 Å². The third-order valence-electron chi connectivity index (χ3n) is 2.43. The number of unbranched alkanes of at least 4 members (excludes halogenated alkanes) is 5. The highest BCUT2D eigenvalue weighted by Gasteiger charge is 2.28. The van der Waals surface area contributed by atoms with Crippen LogP contribution >= 0.6 is 7.75 Å². The molecule has 1 N–H and O–H groups in total. The van der Waals surface area contributed by atoms with Gasteiger partial charge in [-0.3, -0.25) is 9.05 Å². The van der Waals surface area contributed by atoms with Crippen LogP contribution < -0.4 is 5.09 Å².